The molecule has 2 aromatic carbocycles. The van der Waals surface area contributed by atoms with Crippen molar-refractivity contribution < 1.29 is 14.8 Å². The lowest BCUT2D eigenvalue weighted by Crippen LogP contribution is -2.90. The molecule has 0 radical (unpaired) electrons. The minimum Gasteiger partial charge on any atom is -0.492 e. The van der Waals surface area contributed by atoms with Crippen LogP contribution in [-0.4, -0.2) is 18.2 Å². The van der Waals surface area contributed by atoms with Crippen LogP contribution in [0.25, 0.3) is 10.8 Å². The Hall–Kier alpha value is -2.43. The van der Waals surface area contributed by atoms with Crippen LogP contribution in [-0.2, 0) is 4.74 Å². The van der Waals surface area contributed by atoms with Crippen molar-refractivity contribution in [2.75, 3.05) is 13.2 Å². The van der Waals surface area contributed by atoms with Crippen LogP contribution in [0, 0.1) is 5.92 Å². The van der Waals surface area contributed by atoms with E-state index >= 15 is 0 Å². The Labute approximate surface area is 140 Å². The summed E-state index contributed by atoms with van der Waals surface area (Å²) < 4.78 is 12.1. The van der Waals surface area contributed by atoms with E-state index in [0.717, 1.165) is 11.3 Å². The highest BCUT2D eigenvalue weighted by molar-refractivity contribution is 5.88. The third-order valence-corrected chi connectivity index (χ3v) is 5.11. The molecule has 2 aliphatic rings. The van der Waals surface area contributed by atoms with Crippen molar-refractivity contribution in [1.82, 2.24) is 4.98 Å². The summed E-state index contributed by atoms with van der Waals surface area (Å²) in [7, 11) is 0. The minimum atomic E-state index is -0.00938. The Kier molecular flexibility index (Phi) is 3.25. The first-order valence-corrected chi connectivity index (χ1v) is 8.41. The second-order valence-corrected chi connectivity index (χ2v) is 6.53. The molecule has 120 valence electrons. The Morgan fingerprint density at radius 2 is 1.96 bits per heavy atom. The van der Waals surface area contributed by atoms with Crippen LogP contribution < -0.4 is 10.1 Å². The van der Waals surface area contributed by atoms with Crippen LogP contribution >= 0.6 is 0 Å². The Morgan fingerprint density at radius 1 is 1.00 bits per heavy atom. The zero-order valence-corrected chi connectivity index (χ0v) is 13.3. The van der Waals surface area contributed by atoms with E-state index in [9.17, 15) is 0 Å². The first kappa shape index (κ1) is 14.0. The molecule has 4 nitrogen and oxygen atoms in total. The number of rotatable bonds is 1. The fourth-order valence-electron chi connectivity index (χ4n) is 3.91. The average Bonchev–Trinajstić information content (AvgIpc) is 2.67. The molecule has 2 aliphatic heterocycles. The Morgan fingerprint density at radius 3 is 2.88 bits per heavy atom. The molecule has 3 heterocycles. The molecule has 1 saturated heterocycles. The highest BCUT2D eigenvalue weighted by atomic mass is 16.5. The standard InChI is InChI=1S/C20H18N2O2/c1-2-6-16-13(4-1)7-8-17-18(16)19-15(11-23-17)12-24-20(22-19)14-5-3-9-21-10-14/h1-10,15,19-20,22H,11-12H2/p+1/t15-,19-,20-/m1/s1. The molecule has 0 bridgehead atoms. The van der Waals surface area contributed by atoms with Gasteiger partial charge in [-0.1, -0.05) is 30.3 Å². The highest BCUT2D eigenvalue weighted by Crippen LogP contribution is 2.40. The average molecular weight is 319 g/mol. The van der Waals surface area contributed by atoms with Crippen molar-refractivity contribution in [3.63, 3.8) is 0 Å². The molecule has 0 saturated carbocycles. The van der Waals surface area contributed by atoms with E-state index in [0.29, 0.717) is 25.2 Å². The van der Waals surface area contributed by atoms with Crippen molar-refractivity contribution >= 4 is 10.8 Å². The van der Waals surface area contributed by atoms with Crippen LogP contribution in [0.1, 0.15) is 23.4 Å². The molecule has 4 heteroatoms. The van der Waals surface area contributed by atoms with Gasteiger partial charge in [-0.3, -0.25) is 4.98 Å². The molecule has 0 aliphatic carbocycles. The number of ether oxygens (including phenoxy) is 2. The van der Waals surface area contributed by atoms with Gasteiger partial charge in [0.15, 0.2) is 0 Å². The number of quaternary nitrogens is 1. The molecular weight excluding hydrogens is 300 g/mol. The summed E-state index contributed by atoms with van der Waals surface area (Å²) in [4.78, 5) is 4.23. The maximum Gasteiger partial charge on any atom is 0.218 e. The molecular formula is C20H19N2O2+. The van der Waals surface area contributed by atoms with E-state index in [1.54, 1.807) is 6.20 Å². The van der Waals surface area contributed by atoms with Crippen LogP contribution in [0.5, 0.6) is 5.75 Å². The number of fused-ring (bicyclic) bond motifs is 5. The highest BCUT2D eigenvalue weighted by Gasteiger charge is 2.41. The van der Waals surface area contributed by atoms with Gasteiger partial charge < -0.3 is 14.8 Å². The van der Waals surface area contributed by atoms with Gasteiger partial charge in [-0.05, 0) is 29.0 Å². The third-order valence-electron chi connectivity index (χ3n) is 5.11. The van der Waals surface area contributed by atoms with Gasteiger partial charge in [0.1, 0.15) is 11.8 Å². The van der Waals surface area contributed by atoms with Gasteiger partial charge in [0.2, 0.25) is 6.23 Å². The van der Waals surface area contributed by atoms with Gasteiger partial charge in [-0.2, -0.15) is 0 Å². The summed E-state index contributed by atoms with van der Waals surface area (Å²) in [5.41, 5.74) is 2.42. The van der Waals surface area contributed by atoms with Gasteiger partial charge in [0.25, 0.3) is 0 Å². The second-order valence-electron chi connectivity index (χ2n) is 6.53. The first-order chi connectivity index (χ1) is 11.9. The summed E-state index contributed by atoms with van der Waals surface area (Å²) in [5.74, 6) is 1.38. The Bertz CT molecular complexity index is 881. The van der Waals surface area contributed by atoms with Gasteiger partial charge in [-0.25, -0.2) is 0 Å². The zero-order chi connectivity index (χ0) is 15.9. The maximum atomic E-state index is 6.09. The van der Waals surface area contributed by atoms with Gasteiger partial charge >= 0.3 is 0 Å². The number of aromatic nitrogens is 1. The molecule has 3 atom stereocenters. The summed E-state index contributed by atoms with van der Waals surface area (Å²) in [5, 5.41) is 4.88. The van der Waals surface area contributed by atoms with Crippen LogP contribution in [0.4, 0.5) is 0 Å². The van der Waals surface area contributed by atoms with Gasteiger partial charge in [0, 0.05) is 12.4 Å². The summed E-state index contributed by atoms with van der Waals surface area (Å²) in [6, 6.07) is 17.2. The van der Waals surface area contributed by atoms with Crippen LogP contribution in [0.15, 0.2) is 60.9 Å². The predicted molar refractivity (Wildman–Crippen MR) is 90.5 cm³/mol. The molecule has 1 aromatic heterocycles. The molecule has 1 fully saturated rings. The van der Waals surface area contributed by atoms with Crippen LogP contribution in [0.2, 0.25) is 0 Å². The number of nitrogens with two attached hydrogens (primary N) is 1. The van der Waals surface area contributed by atoms with Gasteiger partial charge in [-0.15, -0.1) is 0 Å². The molecule has 3 aromatic rings. The lowest BCUT2D eigenvalue weighted by Gasteiger charge is -2.38. The van der Waals surface area contributed by atoms with Crippen molar-refractivity contribution in [2.45, 2.75) is 12.3 Å². The number of benzene rings is 2. The second kappa shape index (κ2) is 5.58. The van der Waals surface area contributed by atoms with E-state index in [1.165, 1.54) is 16.3 Å². The number of pyridine rings is 1. The zero-order valence-electron chi connectivity index (χ0n) is 13.3. The van der Waals surface area contributed by atoms with Crippen LogP contribution in [0.3, 0.4) is 0 Å². The summed E-state index contributed by atoms with van der Waals surface area (Å²) in [6.45, 7) is 1.43. The summed E-state index contributed by atoms with van der Waals surface area (Å²) in [6.07, 6.45) is 3.68. The largest absolute Gasteiger partial charge is 0.492 e. The molecule has 5 rings (SSSR count). The number of nitrogens with zero attached hydrogens (tertiary/aromatic N) is 1. The summed E-state index contributed by atoms with van der Waals surface area (Å²) >= 11 is 0. The molecule has 24 heavy (non-hydrogen) atoms. The van der Waals surface area contributed by atoms with Crippen molar-refractivity contribution in [2.24, 2.45) is 5.92 Å². The van der Waals surface area contributed by atoms with E-state index < -0.39 is 0 Å². The molecule has 0 unspecified atom stereocenters. The monoisotopic (exact) mass is 319 g/mol. The maximum absolute atomic E-state index is 6.09. The normalized spacial score (nSPS) is 25.6. The van der Waals surface area contributed by atoms with E-state index in [2.05, 4.69) is 52.8 Å². The van der Waals surface area contributed by atoms with Crippen molar-refractivity contribution in [1.29, 1.82) is 0 Å². The van der Waals surface area contributed by atoms with E-state index in [1.807, 2.05) is 12.3 Å². The van der Waals surface area contributed by atoms with E-state index in [4.69, 9.17) is 9.47 Å². The smallest absolute Gasteiger partial charge is 0.218 e. The SMILES string of the molecule is c1cncc([C@@H]2[NH2+][C@H]3c4c(ccc5ccccc45)OC[C@@H]3CO2)c1. The van der Waals surface area contributed by atoms with Gasteiger partial charge in [0.05, 0.1) is 30.3 Å². The molecule has 0 spiro atoms. The fourth-order valence-corrected chi connectivity index (χ4v) is 3.91. The lowest BCUT2D eigenvalue weighted by atomic mass is 9.86. The third kappa shape index (κ3) is 2.19. The quantitative estimate of drug-likeness (QED) is 0.750. The van der Waals surface area contributed by atoms with Crippen molar-refractivity contribution in [3.8, 4) is 5.75 Å². The van der Waals surface area contributed by atoms with Crippen molar-refractivity contribution in [3.05, 3.63) is 72.1 Å². The fraction of sp³-hybridized carbons (Fsp3) is 0.250. The predicted octanol–water partition coefficient (Wildman–Crippen LogP) is 2.58. The lowest BCUT2D eigenvalue weighted by molar-refractivity contribution is -0.790. The molecule has 2 N–H and O–H groups in total. The molecule has 0 amide bonds. The van der Waals surface area contributed by atoms with E-state index in [-0.39, 0.29) is 6.23 Å². The first-order valence-electron chi connectivity index (χ1n) is 8.41. The number of hydrogen-bond donors (Lipinski definition) is 1. The topological polar surface area (TPSA) is 48.0 Å². The minimum absolute atomic E-state index is 0.00938. The number of hydrogen-bond acceptors (Lipinski definition) is 3. The Balaban J connectivity index is 1.59.